The molecule has 0 atom stereocenters. The van der Waals surface area contributed by atoms with Crippen LogP contribution in [0.2, 0.25) is 0 Å². The van der Waals surface area contributed by atoms with Crippen LogP contribution in [0.25, 0.3) is 22.6 Å². The van der Waals surface area contributed by atoms with Crippen molar-refractivity contribution in [1.29, 1.82) is 5.26 Å². The molecule has 3 N–H and O–H groups in total. The predicted octanol–water partition coefficient (Wildman–Crippen LogP) is 5.02. The fraction of sp³-hybridized carbons (Fsp3) is 0.130. The van der Waals surface area contributed by atoms with Gasteiger partial charge in [-0.05, 0) is 24.3 Å². The molecule has 0 radical (unpaired) electrons. The van der Waals surface area contributed by atoms with Gasteiger partial charge in [0, 0.05) is 13.0 Å². The Morgan fingerprint density at radius 1 is 1.03 bits per heavy atom. The molecule has 13 heteroatoms. The third kappa shape index (κ3) is 4.34. The number of aromatic amines is 1. The Bertz CT molecular complexity index is 1610. The van der Waals surface area contributed by atoms with E-state index in [0.29, 0.717) is 40.2 Å². The highest BCUT2D eigenvalue weighted by atomic mass is 19.3. The number of nitrogens with one attached hydrogen (secondary N) is 3. The molecular formula is C23H17F2N9O2. The number of nitriles is 1. The predicted molar refractivity (Wildman–Crippen MR) is 125 cm³/mol. The number of H-pyrrole nitrogens is 1. The zero-order chi connectivity index (χ0) is 25.2. The normalized spacial score (nSPS) is 11.0. The molecule has 11 nitrogen and oxygen atoms in total. The van der Waals surface area contributed by atoms with E-state index in [0.717, 1.165) is 0 Å². The van der Waals surface area contributed by atoms with Gasteiger partial charge in [0.05, 0.1) is 24.0 Å². The number of nitrogens with zero attached hydrogens (tertiary/aromatic N) is 6. The summed E-state index contributed by atoms with van der Waals surface area (Å²) in [6, 6.07) is 13.7. The molecule has 0 fully saturated rings. The molecule has 0 amide bonds. The highest BCUT2D eigenvalue weighted by Gasteiger charge is 2.20. The van der Waals surface area contributed by atoms with Gasteiger partial charge < -0.3 is 24.9 Å². The molecule has 0 aliphatic heterocycles. The van der Waals surface area contributed by atoms with Crippen LogP contribution in [0.5, 0.6) is 5.75 Å². The van der Waals surface area contributed by atoms with Crippen LogP contribution in [0, 0.1) is 18.3 Å². The number of hydrogen-bond acceptors (Lipinski definition) is 10. The average molecular weight is 489 g/mol. The van der Waals surface area contributed by atoms with E-state index in [9.17, 15) is 8.78 Å². The van der Waals surface area contributed by atoms with Crippen LogP contribution in [0.1, 0.15) is 23.8 Å². The first-order valence-corrected chi connectivity index (χ1v) is 10.5. The third-order valence-electron chi connectivity index (χ3n) is 5.06. The summed E-state index contributed by atoms with van der Waals surface area (Å²) in [7, 11) is 1.49. The van der Waals surface area contributed by atoms with Crippen molar-refractivity contribution in [2.24, 2.45) is 0 Å². The Morgan fingerprint density at radius 3 is 2.58 bits per heavy atom. The molecule has 0 aliphatic rings. The van der Waals surface area contributed by atoms with Gasteiger partial charge in [-0.25, -0.2) is 23.7 Å². The number of aromatic nitrogens is 6. The summed E-state index contributed by atoms with van der Waals surface area (Å²) in [4.78, 5) is 19.3. The molecule has 5 aromatic rings. The first-order chi connectivity index (χ1) is 17.4. The van der Waals surface area contributed by atoms with Crippen LogP contribution in [0.3, 0.4) is 0 Å². The largest absolute Gasteiger partial charge is 0.494 e. The van der Waals surface area contributed by atoms with Gasteiger partial charge in [0.2, 0.25) is 11.7 Å². The van der Waals surface area contributed by atoms with E-state index >= 15 is 0 Å². The molecule has 0 saturated heterocycles. The number of aryl methyl sites for hydroxylation is 1. The topological polar surface area (TPSA) is 150 Å². The van der Waals surface area contributed by atoms with E-state index < -0.39 is 12.2 Å². The summed E-state index contributed by atoms with van der Waals surface area (Å²) in [6.07, 6.45) is -2.82. The standard InChI is InChI=1S/C23H17F2N9O2/c1-11-27-21(34-36-11)13-6-4-7-14(19(13)35-2)29-15-9-17(30-16-8-3-5-12(10-26)28-16)31-22-18(15)32-23(33-22)20(24)25/h3-9,20H,1-2H3,(H3,28,29,30,31,32,33). The van der Waals surface area contributed by atoms with Crippen LogP contribution < -0.4 is 15.4 Å². The minimum atomic E-state index is -2.82. The summed E-state index contributed by atoms with van der Waals surface area (Å²) in [6.45, 7) is 1.67. The summed E-state index contributed by atoms with van der Waals surface area (Å²) < 4.78 is 37.5. The minimum Gasteiger partial charge on any atom is -0.494 e. The SMILES string of the molecule is COc1c(Nc2cc(Nc3cccc(C#N)n3)nc3nc(C(F)F)[nH]c23)cccc1-c1noc(C)n1. The van der Waals surface area contributed by atoms with Gasteiger partial charge >= 0.3 is 0 Å². The lowest BCUT2D eigenvalue weighted by Gasteiger charge is -2.15. The monoisotopic (exact) mass is 489 g/mol. The Labute approximate surface area is 202 Å². The van der Waals surface area contributed by atoms with Crippen molar-refractivity contribution in [3.8, 4) is 23.2 Å². The molecule has 36 heavy (non-hydrogen) atoms. The van der Waals surface area contributed by atoms with E-state index in [4.69, 9.17) is 14.5 Å². The van der Waals surface area contributed by atoms with Crippen molar-refractivity contribution in [2.75, 3.05) is 17.7 Å². The van der Waals surface area contributed by atoms with Gasteiger partial charge in [-0.3, -0.25) is 0 Å². The molecule has 4 heterocycles. The smallest absolute Gasteiger partial charge is 0.295 e. The van der Waals surface area contributed by atoms with Crippen LogP contribution in [-0.4, -0.2) is 37.2 Å². The lowest BCUT2D eigenvalue weighted by Crippen LogP contribution is -2.01. The first-order valence-electron chi connectivity index (χ1n) is 10.5. The van der Waals surface area contributed by atoms with E-state index in [1.165, 1.54) is 7.11 Å². The van der Waals surface area contributed by atoms with Gasteiger partial charge in [-0.1, -0.05) is 17.3 Å². The van der Waals surface area contributed by atoms with Gasteiger partial charge in [-0.2, -0.15) is 10.2 Å². The highest BCUT2D eigenvalue weighted by Crippen LogP contribution is 2.38. The summed E-state index contributed by atoms with van der Waals surface area (Å²) in [5.41, 5.74) is 1.98. The first kappa shape index (κ1) is 22.7. The van der Waals surface area contributed by atoms with Gasteiger partial charge in [0.15, 0.2) is 17.2 Å². The Balaban J connectivity index is 1.60. The van der Waals surface area contributed by atoms with Crippen molar-refractivity contribution < 1.29 is 18.0 Å². The second-order valence-electron chi connectivity index (χ2n) is 7.47. The van der Waals surface area contributed by atoms with E-state index in [2.05, 4.69) is 40.7 Å². The van der Waals surface area contributed by atoms with Crippen molar-refractivity contribution in [3.63, 3.8) is 0 Å². The van der Waals surface area contributed by atoms with E-state index in [1.54, 1.807) is 49.4 Å². The average Bonchev–Trinajstić information content (AvgIpc) is 3.50. The van der Waals surface area contributed by atoms with E-state index in [-0.39, 0.29) is 22.7 Å². The number of halogens is 2. The van der Waals surface area contributed by atoms with Crippen molar-refractivity contribution in [2.45, 2.75) is 13.3 Å². The number of ether oxygens (including phenoxy) is 1. The molecule has 1 aromatic carbocycles. The van der Waals surface area contributed by atoms with Crippen LogP contribution in [0.15, 0.2) is 47.0 Å². The number of alkyl halides is 2. The molecule has 0 unspecified atom stereocenters. The zero-order valence-corrected chi connectivity index (χ0v) is 18.9. The van der Waals surface area contributed by atoms with Gasteiger partial charge in [0.1, 0.15) is 28.9 Å². The Kier molecular flexibility index (Phi) is 5.83. The minimum absolute atomic E-state index is 0.0538. The molecule has 0 spiro atoms. The van der Waals surface area contributed by atoms with Crippen molar-refractivity contribution in [1.82, 2.24) is 30.1 Å². The number of pyridine rings is 2. The van der Waals surface area contributed by atoms with Gasteiger partial charge in [0.25, 0.3) is 6.43 Å². The second kappa shape index (κ2) is 9.26. The summed E-state index contributed by atoms with van der Waals surface area (Å²) in [5, 5.41) is 19.2. The number of anilines is 4. The van der Waals surface area contributed by atoms with Crippen LogP contribution >= 0.6 is 0 Å². The quantitative estimate of drug-likeness (QED) is 0.284. The Morgan fingerprint density at radius 2 is 1.86 bits per heavy atom. The molecular weight excluding hydrogens is 472 g/mol. The number of fused-ring (bicyclic) bond motifs is 1. The number of methoxy groups -OCH3 is 1. The lowest BCUT2D eigenvalue weighted by atomic mass is 10.1. The maximum Gasteiger partial charge on any atom is 0.295 e. The maximum atomic E-state index is 13.4. The highest BCUT2D eigenvalue weighted by molar-refractivity contribution is 5.92. The van der Waals surface area contributed by atoms with Gasteiger partial charge in [-0.15, -0.1) is 0 Å². The number of hydrogen-bond donors (Lipinski definition) is 3. The fourth-order valence-corrected chi connectivity index (χ4v) is 3.55. The number of rotatable bonds is 7. The fourth-order valence-electron chi connectivity index (χ4n) is 3.55. The van der Waals surface area contributed by atoms with E-state index in [1.807, 2.05) is 6.07 Å². The third-order valence-corrected chi connectivity index (χ3v) is 5.06. The second-order valence-corrected chi connectivity index (χ2v) is 7.47. The maximum absolute atomic E-state index is 13.4. The van der Waals surface area contributed by atoms with Crippen LogP contribution in [-0.2, 0) is 0 Å². The van der Waals surface area contributed by atoms with Crippen molar-refractivity contribution >= 4 is 34.2 Å². The number of benzene rings is 1. The summed E-state index contributed by atoms with van der Waals surface area (Å²) in [5.74, 6) is 1.23. The molecule has 0 bridgehead atoms. The Hall–Kier alpha value is -5.12. The van der Waals surface area contributed by atoms with Crippen molar-refractivity contribution in [3.05, 3.63) is 59.9 Å². The molecule has 5 rings (SSSR count). The summed E-state index contributed by atoms with van der Waals surface area (Å²) >= 11 is 0. The number of imidazole rings is 1. The van der Waals surface area contributed by atoms with Crippen LogP contribution in [0.4, 0.5) is 31.8 Å². The lowest BCUT2D eigenvalue weighted by molar-refractivity contribution is 0.142. The molecule has 0 saturated carbocycles. The number of para-hydroxylation sites is 1. The molecule has 0 aliphatic carbocycles. The zero-order valence-electron chi connectivity index (χ0n) is 18.9. The molecule has 4 aromatic heterocycles. The molecule has 180 valence electrons.